The number of para-hydroxylation sites is 1. The lowest BCUT2D eigenvalue weighted by atomic mass is 10.0. The van der Waals surface area contributed by atoms with Gasteiger partial charge in [0.25, 0.3) is 0 Å². The molecule has 102 valence electrons. The molecule has 0 aromatic heterocycles. The molecule has 3 heteroatoms. The number of ether oxygens (including phenoxy) is 1. The lowest BCUT2D eigenvalue weighted by Gasteiger charge is -2.20. The Morgan fingerprint density at radius 2 is 2.00 bits per heavy atom. The van der Waals surface area contributed by atoms with E-state index in [0.29, 0.717) is 17.9 Å². The zero-order valence-corrected chi connectivity index (χ0v) is 12.1. The van der Waals surface area contributed by atoms with E-state index in [2.05, 4.69) is 17.8 Å². The maximum atomic E-state index is 8.96. The van der Waals surface area contributed by atoms with Gasteiger partial charge in [0.05, 0.1) is 12.2 Å². The van der Waals surface area contributed by atoms with Crippen molar-refractivity contribution in [3.8, 4) is 11.8 Å². The number of hydrogen-bond acceptors (Lipinski definition) is 3. The predicted molar refractivity (Wildman–Crippen MR) is 80.6 cm³/mol. The van der Waals surface area contributed by atoms with Crippen LogP contribution in [0, 0.1) is 11.3 Å². The second-order valence-electron chi connectivity index (χ2n) is 4.94. The summed E-state index contributed by atoms with van der Waals surface area (Å²) in [6.45, 7) is 0.707. The summed E-state index contributed by atoms with van der Waals surface area (Å²) in [4.78, 5) is 0. The van der Waals surface area contributed by atoms with E-state index in [9.17, 15) is 0 Å². The zero-order chi connectivity index (χ0) is 13.3. The normalized spacial score (nSPS) is 15.9. The molecule has 0 atom stereocenters. The second kappa shape index (κ2) is 8.12. The summed E-state index contributed by atoms with van der Waals surface area (Å²) >= 11 is 2.10. The molecule has 1 aromatic rings. The van der Waals surface area contributed by atoms with Crippen molar-refractivity contribution in [1.82, 2.24) is 0 Å². The Kier molecular flexibility index (Phi) is 6.10. The van der Waals surface area contributed by atoms with Crippen molar-refractivity contribution in [3.05, 3.63) is 29.8 Å². The third-order valence-electron chi connectivity index (χ3n) is 3.46. The summed E-state index contributed by atoms with van der Waals surface area (Å²) in [5.41, 5.74) is 0.627. The van der Waals surface area contributed by atoms with Crippen molar-refractivity contribution in [2.75, 3.05) is 12.4 Å². The van der Waals surface area contributed by atoms with Gasteiger partial charge in [-0.1, -0.05) is 31.4 Å². The molecule has 1 aliphatic carbocycles. The van der Waals surface area contributed by atoms with E-state index in [0.717, 1.165) is 11.7 Å². The molecule has 0 amide bonds. The average molecular weight is 275 g/mol. The van der Waals surface area contributed by atoms with Crippen molar-refractivity contribution in [2.24, 2.45) is 0 Å². The van der Waals surface area contributed by atoms with E-state index in [1.54, 1.807) is 6.07 Å². The Morgan fingerprint density at radius 3 is 2.79 bits per heavy atom. The van der Waals surface area contributed by atoms with E-state index in [1.165, 1.54) is 37.9 Å². The minimum atomic E-state index is 0.627. The average Bonchev–Trinajstić information content (AvgIpc) is 2.48. The summed E-state index contributed by atoms with van der Waals surface area (Å²) in [6, 6.07) is 9.60. The van der Waals surface area contributed by atoms with Crippen molar-refractivity contribution >= 4 is 11.8 Å². The molecule has 2 nitrogen and oxygen atoms in total. The van der Waals surface area contributed by atoms with Crippen LogP contribution in [0.15, 0.2) is 24.3 Å². The van der Waals surface area contributed by atoms with Crippen molar-refractivity contribution < 1.29 is 4.74 Å². The van der Waals surface area contributed by atoms with Crippen molar-refractivity contribution in [1.29, 1.82) is 5.26 Å². The number of nitriles is 1. The monoisotopic (exact) mass is 275 g/mol. The Labute approximate surface area is 120 Å². The largest absolute Gasteiger partial charge is 0.492 e. The highest BCUT2D eigenvalue weighted by Gasteiger charge is 2.13. The first kappa shape index (κ1) is 14.3. The summed E-state index contributed by atoms with van der Waals surface area (Å²) in [5, 5.41) is 9.83. The summed E-state index contributed by atoms with van der Waals surface area (Å²) in [7, 11) is 0. The van der Waals surface area contributed by atoms with Crippen LogP contribution < -0.4 is 4.74 Å². The SMILES string of the molecule is N#Cc1ccccc1OCCCSC1CCCCC1. The van der Waals surface area contributed by atoms with E-state index >= 15 is 0 Å². The van der Waals surface area contributed by atoms with Crippen LogP contribution >= 0.6 is 11.8 Å². The van der Waals surface area contributed by atoms with Gasteiger partial charge in [-0.3, -0.25) is 0 Å². The lowest BCUT2D eigenvalue weighted by Crippen LogP contribution is -2.09. The van der Waals surface area contributed by atoms with Gasteiger partial charge in [0, 0.05) is 5.25 Å². The molecule has 0 N–H and O–H groups in total. The minimum Gasteiger partial charge on any atom is -0.492 e. The van der Waals surface area contributed by atoms with Crippen LogP contribution in [0.3, 0.4) is 0 Å². The first-order valence-electron chi connectivity index (χ1n) is 7.13. The fourth-order valence-electron chi connectivity index (χ4n) is 2.41. The number of hydrogen-bond donors (Lipinski definition) is 0. The molecule has 0 saturated heterocycles. The third kappa shape index (κ3) is 4.80. The maximum Gasteiger partial charge on any atom is 0.137 e. The third-order valence-corrected chi connectivity index (χ3v) is 4.93. The van der Waals surface area contributed by atoms with Crippen LogP contribution in [0.4, 0.5) is 0 Å². The molecule has 1 saturated carbocycles. The highest BCUT2D eigenvalue weighted by molar-refractivity contribution is 7.99. The zero-order valence-electron chi connectivity index (χ0n) is 11.3. The van der Waals surface area contributed by atoms with Gasteiger partial charge in [-0.05, 0) is 37.1 Å². The molecule has 0 bridgehead atoms. The van der Waals surface area contributed by atoms with Crippen molar-refractivity contribution in [3.63, 3.8) is 0 Å². The van der Waals surface area contributed by atoms with Crippen LogP contribution in [0.25, 0.3) is 0 Å². The Morgan fingerprint density at radius 1 is 1.21 bits per heavy atom. The fraction of sp³-hybridized carbons (Fsp3) is 0.562. The minimum absolute atomic E-state index is 0.627. The van der Waals surface area contributed by atoms with E-state index in [-0.39, 0.29) is 0 Å². The Bertz CT molecular complexity index is 421. The lowest BCUT2D eigenvalue weighted by molar-refractivity contribution is 0.317. The van der Waals surface area contributed by atoms with Crippen LogP contribution in [0.2, 0.25) is 0 Å². The van der Waals surface area contributed by atoms with Gasteiger partial charge in [0.2, 0.25) is 0 Å². The molecule has 19 heavy (non-hydrogen) atoms. The molecular formula is C16H21NOS. The van der Waals surface area contributed by atoms with Gasteiger partial charge < -0.3 is 4.74 Å². The van der Waals surface area contributed by atoms with E-state index < -0.39 is 0 Å². The molecule has 0 aliphatic heterocycles. The first-order chi connectivity index (χ1) is 9.40. The van der Waals surface area contributed by atoms with Gasteiger partial charge in [-0.15, -0.1) is 0 Å². The number of rotatable bonds is 6. The molecule has 0 unspecified atom stereocenters. The number of thioether (sulfide) groups is 1. The van der Waals surface area contributed by atoms with Crippen LogP contribution in [0.1, 0.15) is 44.1 Å². The van der Waals surface area contributed by atoms with E-state index in [4.69, 9.17) is 10.00 Å². The Hall–Kier alpha value is -1.14. The summed E-state index contributed by atoms with van der Waals surface area (Å²) in [6.07, 6.45) is 8.07. The molecule has 0 heterocycles. The standard InChI is InChI=1S/C16H21NOS/c17-13-14-7-4-5-10-16(14)18-11-6-12-19-15-8-2-1-3-9-15/h4-5,7,10,15H,1-3,6,8-9,11-12H2. The summed E-state index contributed by atoms with van der Waals surface area (Å²) < 4.78 is 5.68. The molecule has 0 radical (unpaired) electrons. The molecule has 1 aliphatic rings. The maximum absolute atomic E-state index is 8.96. The quantitative estimate of drug-likeness (QED) is 0.722. The predicted octanol–water partition coefficient (Wildman–Crippen LogP) is 4.39. The molecule has 2 rings (SSSR count). The second-order valence-corrected chi connectivity index (χ2v) is 6.35. The highest BCUT2D eigenvalue weighted by Crippen LogP contribution is 2.28. The number of benzene rings is 1. The van der Waals surface area contributed by atoms with Crippen LogP contribution in [-0.2, 0) is 0 Å². The van der Waals surface area contributed by atoms with Crippen molar-refractivity contribution in [2.45, 2.75) is 43.8 Å². The highest BCUT2D eigenvalue weighted by atomic mass is 32.2. The molecule has 1 aromatic carbocycles. The fourth-order valence-corrected chi connectivity index (χ4v) is 3.69. The molecule has 1 fully saturated rings. The smallest absolute Gasteiger partial charge is 0.137 e. The van der Waals surface area contributed by atoms with Gasteiger partial charge in [0.1, 0.15) is 11.8 Å². The van der Waals surface area contributed by atoms with Gasteiger partial charge in [0.15, 0.2) is 0 Å². The van der Waals surface area contributed by atoms with Crippen LogP contribution in [0.5, 0.6) is 5.75 Å². The van der Waals surface area contributed by atoms with Gasteiger partial charge >= 0.3 is 0 Å². The molecular weight excluding hydrogens is 254 g/mol. The van der Waals surface area contributed by atoms with Crippen LogP contribution in [-0.4, -0.2) is 17.6 Å². The van der Waals surface area contributed by atoms with Gasteiger partial charge in [-0.25, -0.2) is 0 Å². The molecule has 0 spiro atoms. The van der Waals surface area contributed by atoms with E-state index in [1.807, 2.05) is 18.2 Å². The summed E-state index contributed by atoms with van der Waals surface area (Å²) in [5.74, 6) is 1.88. The topological polar surface area (TPSA) is 33.0 Å². The van der Waals surface area contributed by atoms with Gasteiger partial charge in [-0.2, -0.15) is 17.0 Å². The number of nitrogens with zero attached hydrogens (tertiary/aromatic N) is 1. The Balaban J connectivity index is 1.62. The first-order valence-corrected chi connectivity index (χ1v) is 8.18.